The molecule has 2 aromatic heterocycles. The zero-order chi connectivity index (χ0) is 16.6. The van der Waals surface area contributed by atoms with Gasteiger partial charge >= 0.3 is 0 Å². The number of rotatable bonds is 3. The summed E-state index contributed by atoms with van der Waals surface area (Å²) in [6.45, 7) is 8.93. The molecule has 0 radical (unpaired) electrons. The van der Waals surface area contributed by atoms with Crippen molar-refractivity contribution in [1.29, 1.82) is 0 Å². The van der Waals surface area contributed by atoms with Gasteiger partial charge in [-0.1, -0.05) is 6.07 Å². The summed E-state index contributed by atoms with van der Waals surface area (Å²) in [6, 6.07) is 6.10. The second-order valence-corrected chi connectivity index (χ2v) is 8.03. The first kappa shape index (κ1) is 16.0. The molecular weight excluding hydrogens is 300 g/mol. The van der Waals surface area contributed by atoms with Crippen LogP contribution in [0, 0.1) is 5.92 Å². The fraction of sp³-hybridized carbons (Fsp3) is 0.684. The third-order valence-electron chi connectivity index (χ3n) is 5.61. The van der Waals surface area contributed by atoms with E-state index in [0.717, 1.165) is 24.0 Å². The van der Waals surface area contributed by atoms with Gasteiger partial charge in [0.05, 0.1) is 5.60 Å². The van der Waals surface area contributed by atoms with Gasteiger partial charge in [-0.3, -0.25) is 4.40 Å². The van der Waals surface area contributed by atoms with Gasteiger partial charge in [0.15, 0.2) is 5.65 Å². The molecule has 2 fully saturated rings. The smallest absolute Gasteiger partial charge is 0.160 e. The Morgan fingerprint density at radius 1 is 1.17 bits per heavy atom. The summed E-state index contributed by atoms with van der Waals surface area (Å²) in [6.07, 6.45) is 6.84. The quantitative estimate of drug-likeness (QED) is 0.868. The molecule has 4 rings (SSSR count). The van der Waals surface area contributed by atoms with E-state index >= 15 is 0 Å². The maximum Gasteiger partial charge on any atom is 0.160 e. The summed E-state index contributed by atoms with van der Waals surface area (Å²) in [4.78, 5) is 2.64. The van der Waals surface area contributed by atoms with E-state index in [1.807, 2.05) is 12.1 Å². The number of hydrogen-bond acceptors (Lipinski definition) is 4. The lowest BCUT2D eigenvalue weighted by Crippen LogP contribution is -2.42. The lowest BCUT2D eigenvalue weighted by Gasteiger charge is -2.39. The van der Waals surface area contributed by atoms with Crippen LogP contribution in [-0.2, 0) is 4.74 Å². The van der Waals surface area contributed by atoms with Gasteiger partial charge < -0.3 is 9.64 Å². The predicted molar refractivity (Wildman–Crippen MR) is 94.2 cm³/mol. The molecule has 0 aliphatic carbocycles. The standard InChI is InChI=1S/C19H28N4O/c1-19(2)13-15(8-12-24-19)14-22-10-6-16(7-11-22)18-21-20-17-5-3-4-9-23(17)18/h3-5,9,15-16H,6-8,10-14H2,1-2H3. The second kappa shape index (κ2) is 6.45. The maximum absolute atomic E-state index is 5.86. The molecule has 2 aliphatic rings. The van der Waals surface area contributed by atoms with Crippen molar-refractivity contribution in [3.63, 3.8) is 0 Å². The summed E-state index contributed by atoms with van der Waals surface area (Å²) in [5.41, 5.74) is 1.01. The number of pyridine rings is 1. The second-order valence-electron chi connectivity index (χ2n) is 8.03. The van der Waals surface area contributed by atoms with Crippen LogP contribution in [0.4, 0.5) is 0 Å². The molecular formula is C19H28N4O. The van der Waals surface area contributed by atoms with Crippen LogP contribution in [0.15, 0.2) is 24.4 Å². The Balaban J connectivity index is 1.35. The Bertz CT molecular complexity index is 687. The zero-order valence-electron chi connectivity index (χ0n) is 14.8. The van der Waals surface area contributed by atoms with Gasteiger partial charge in [0, 0.05) is 25.3 Å². The highest BCUT2D eigenvalue weighted by molar-refractivity contribution is 5.37. The van der Waals surface area contributed by atoms with Crippen LogP contribution in [0.1, 0.15) is 51.3 Å². The minimum atomic E-state index is 0.0572. The first-order valence-corrected chi connectivity index (χ1v) is 9.27. The molecule has 130 valence electrons. The van der Waals surface area contributed by atoms with Crippen molar-refractivity contribution in [1.82, 2.24) is 19.5 Å². The molecule has 1 atom stereocenters. The molecule has 0 aromatic carbocycles. The van der Waals surface area contributed by atoms with Crippen molar-refractivity contribution in [3.05, 3.63) is 30.2 Å². The van der Waals surface area contributed by atoms with E-state index in [0.29, 0.717) is 5.92 Å². The number of fused-ring (bicyclic) bond motifs is 1. The summed E-state index contributed by atoms with van der Waals surface area (Å²) in [5.74, 6) is 2.45. The van der Waals surface area contributed by atoms with Crippen LogP contribution in [0.3, 0.4) is 0 Å². The van der Waals surface area contributed by atoms with Crippen molar-refractivity contribution in [2.45, 2.75) is 51.0 Å². The van der Waals surface area contributed by atoms with Crippen LogP contribution >= 0.6 is 0 Å². The van der Waals surface area contributed by atoms with E-state index in [1.54, 1.807) is 0 Å². The lowest BCUT2D eigenvalue weighted by molar-refractivity contribution is -0.0775. The van der Waals surface area contributed by atoms with Crippen LogP contribution < -0.4 is 0 Å². The number of aromatic nitrogens is 3. The fourth-order valence-corrected chi connectivity index (χ4v) is 4.39. The summed E-state index contributed by atoms with van der Waals surface area (Å²) >= 11 is 0. The first-order chi connectivity index (χ1) is 11.6. The Labute approximate surface area is 144 Å². The third-order valence-corrected chi connectivity index (χ3v) is 5.61. The average Bonchev–Trinajstić information content (AvgIpc) is 2.99. The minimum absolute atomic E-state index is 0.0572. The Morgan fingerprint density at radius 2 is 2.00 bits per heavy atom. The Hall–Kier alpha value is -1.46. The van der Waals surface area contributed by atoms with Gasteiger partial charge in [-0.25, -0.2) is 0 Å². The zero-order valence-corrected chi connectivity index (χ0v) is 14.8. The molecule has 1 unspecified atom stereocenters. The fourth-order valence-electron chi connectivity index (χ4n) is 4.39. The minimum Gasteiger partial charge on any atom is -0.376 e. The SMILES string of the molecule is CC1(C)CC(CN2CCC(c3nnc4ccccn34)CC2)CCO1. The highest BCUT2D eigenvalue weighted by atomic mass is 16.5. The Kier molecular flexibility index (Phi) is 4.31. The molecule has 0 saturated carbocycles. The van der Waals surface area contributed by atoms with Crippen LogP contribution in [0.2, 0.25) is 0 Å². The molecule has 2 aromatic rings. The van der Waals surface area contributed by atoms with Crippen LogP contribution in [0.25, 0.3) is 5.65 Å². The number of hydrogen-bond donors (Lipinski definition) is 0. The van der Waals surface area contributed by atoms with E-state index in [2.05, 4.69) is 45.6 Å². The molecule has 2 aliphatic heterocycles. The average molecular weight is 328 g/mol. The molecule has 5 heteroatoms. The summed E-state index contributed by atoms with van der Waals surface area (Å²) < 4.78 is 8.01. The topological polar surface area (TPSA) is 42.7 Å². The lowest BCUT2D eigenvalue weighted by atomic mass is 9.87. The van der Waals surface area contributed by atoms with Gasteiger partial charge in [-0.15, -0.1) is 10.2 Å². The first-order valence-electron chi connectivity index (χ1n) is 9.27. The molecule has 0 N–H and O–H groups in total. The molecule has 0 bridgehead atoms. The largest absolute Gasteiger partial charge is 0.376 e. The van der Waals surface area contributed by atoms with Gasteiger partial charge in [-0.2, -0.15) is 0 Å². The van der Waals surface area contributed by atoms with E-state index in [4.69, 9.17) is 4.74 Å². The van der Waals surface area contributed by atoms with Gasteiger partial charge in [-0.05, 0) is 70.7 Å². The summed E-state index contributed by atoms with van der Waals surface area (Å²) in [5, 5.41) is 8.76. The van der Waals surface area contributed by atoms with Crippen molar-refractivity contribution in [2.75, 3.05) is 26.2 Å². The van der Waals surface area contributed by atoms with E-state index < -0.39 is 0 Å². The van der Waals surface area contributed by atoms with Crippen molar-refractivity contribution in [3.8, 4) is 0 Å². The molecule has 0 spiro atoms. The third kappa shape index (κ3) is 3.33. The molecule has 5 nitrogen and oxygen atoms in total. The number of likely N-dealkylation sites (tertiary alicyclic amines) is 1. The number of nitrogens with zero attached hydrogens (tertiary/aromatic N) is 4. The molecule has 2 saturated heterocycles. The van der Waals surface area contributed by atoms with Crippen LogP contribution in [0.5, 0.6) is 0 Å². The maximum atomic E-state index is 5.86. The number of ether oxygens (including phenoxy) is 1. The van der Waals surface area contributed by atoms with Crippen LogP contribution in [-0.4, -0.2) is 51.3 Å². The Morgan fingerprint density at radius 3 is 2.79 bits per heavy atom. The monoisotopic (exact) mass is 328 g/mol. The molecule has 4 heterocycles. The predicted octanol–water partition coefficient (Wildman–Crippen LogP) is 3.11. The van der Waals surface area contributed by atoms with E-state index in [1.165, 1.54) is 45.3 Å². The highest BCUT2D eigenvalue weighted by Gasteiger charge is 2.31. The number of piperidine rings is 1. The van der Waals surface area contributed by atoms with Crippen molar-refractivity contribution < 1.29 is 4.74 Å². The van der Waals surface area contributed by atoms with Crippen molar-refractivity contribution >= 4 is 5.65 Å². The highest BCUT2D eigenvalue weighted by Crippen LogP contribution is 2.32. The normalized spacial score (nSPS) is 26.0. The van der Waals surface area contributed by atoms with Gasteiger partial charge in [0.25, 0.3) is 0 Å². The van der Waals surface area contributed by atoms with Gasteiger partial charge in [0.2, 0.25) is 0 Å². The van der Waals surface area contributed by atoms with Gasteiger partial charge in [0.1, 0.15) is 5.82 Å². The summed E-state index contributed by atoms with van der Waals surface area (Å²) in [7, 11) is 0. The molecule has 0 amide bonds. The van der Waals surface area contributed by atoms with Crippen molar-refractivity contribution in [2.24, 2.45) is 5.92 Å². The molecule has 24 heavy (non-hydrogen) atoms. The van der Waals surface area contributed by atoms with E-state index in [-0.39, 0.29) is 5.60 Å². The van der Waals surface area contributed by atoms with E-state index in [9.17, 15) is 0 Å².